The maximum absolute atomic E-state index is 13.2. The third-order valence-electron chi connectivity index (χ3n) is 3.42. The zero-order valence-corrected chi connectivity index (χ0v) is 14.4. The Morgan fingerprint density at radius 2 is 1.96 bits per heavy atom. The summed E-state index contributed by atoms with van der Waals surface area (Å²) >= 11 is 0. The highest BCUT2D eigenvalue weighted by molar-refractivity contribution is 5.87. The summed E-state index contributed by atoms with van der Waals surface area (Å²) < 4.78 is 31.5. The van der Waals surface area contributed by atoms with Gasteiger partial charge in [0.05, 0.1) is 18.6 Å². The summed E-state index contributed by atoms with van der Waals surface area (Å²) in [6.45, 7) is 4.48. The van der Waals surface area contributed by atoms with Crippen molar-refractivity contribution >= 4 is 24.3 Å². The van der Waals surface area contributed by atoms with E-state index in [2.05, 4.69) is 5.32 Å². The molecule has 1 aromatic rings. The lowest BCUT2D eigenvalue weighted by Crippen LogP contribution is -2.55. The molecule has 0 radical (unpaired) electrons. The van der Waals surface area contributed by atoms with E-state index < -0.39 is 23.6 Å². The van der Waals surface area contributed by atoms with Gasteiger partial charge in [-0.05, 0) is 31.5 Å². The zero-order valence-electron chi connectivity index (χ0n) is 13.6. The van der Waals surface area contributed by atoms with Gasteiger partial charge in [-0.15, -0.1) is 12.4 Å². The fraction of sp³-hybridized carbons (Fsp3) is 0.500. The molecule has 1 N–H and O–H groups in total. The predicted octanol–water partition coefficient (Wildman–Crippen LogP) is 2.03. The minimum absolute atomic E-state index is 0. The molecule has 0 aromatic heterocycles. The number of esters is 1. The molecule has 1 heterocycles. The van der Waals surface area contributed by atoms with Crippen molar-refractivity contribution in [2.24, 2.45) is 0 Å². The lowest BCUT2D eigenvalue weighted by Gasteiger charge is -2.33. The third kappa shape index (κ3) is 5.72. The highest BCUT2D eigenvalue weighted by Crippen LogP contribution is 2.14. The van der Waals surface area contributed by atoms with Crippen LogP contribution in [0.4, 0.5) is 8.78 Å². The Morgan fingerprint density at radius 3 is 2.54 bits per heavy atom. The van der Waals surface area contributed by atoms with E-state index in [-0.39, 0.29) is 37.4 Å². The van der Waals surface area contributed by atoms with E-state index in [4.69, 9.17) is 4.74 Å². The van der Waals surface area contributed by atoms with Gasteiger partial charge < -0.3 is 15.0 Å². The number of piperazine rings is 1. The molecule has 1 aliphatic rings. The van der Waals surface area contributed by atoms with Gasteiger partial charge in [-0.3, -0.25) is 9.59 Å². The summed E-state index contributed by atoms with van der Waals surface area (Å²) in [7, 11) is 0. The van der Waals surface area contributed by atoms with Crippen LogP contribution in [0.1, 0.15) is 25.8 Å². The van der Waals surface area contributed by atoms with Gasteiger partial charge in [-0.25, -0.2) is 8.78 Å². The van der Waals surface area contributed by atoms with E-state index in [1.54, 1.807) is 13.8 Å². The molecule has 2 rings (SSSR count). The first kappa shape index (κ1) is 20.3. The van der Waals surface area contributed by atoms with E-state index in [9.17, 15) is 18.4 Å². The zero-order chi connectivity index (χ0) is 17.0. The van der Waals surface area contributed by atoms with Crippen molar-refractivity contribution in [2.45, 2.75) is 39.0 Å². The summed E-state index contributed by atoms with van der Waals surface area (Å²) in [6, 6.07) is 2.50. The average molecular weight is 363 g/mol. The van der Waals surface area contributed by atoms with Crippen molar-refractivity contribution in [3.8, 4) is 0 Å². The molecule has 0 spiro atoms. The number of carbonyl (C=O) groups excluding carboxylic acids is 2. The Kier molecular flexibility index (Phi) is 7.57. The summed E-state index contributed by atoms with van der Waals surface area (Å²) in [5.41, 5.74) is 0.376. The molecule has 1 saturated heterocycles. The Morgan fingerprint density at radius 1 is 1.33 bits per heavy atom. The first-order valence-corrected chi connectivity index (χ1v) is 7.52. The van der Waals surface area contributed by atoms with E-state index >= 15 is 0 Å². The first-order valence-electron chi connectivity index (χ1n) is 7.52. The highest BCUT2D eigenvalue weighted by atomic mass is 35.5. The van der Waals surface area contributed by atoms with Crippen molar-refractivity contribution in [3.63, 3.8) is 0 Å². The number of hydrogen-bond donors (Lipinski definition) is 1. The molecule has 0 bridgehead atoms. The SMILES string of the molecule is CC(C)OC(=O)CC1NCCN(Cc2cc(F)cc(F)c2)C1=O.Cl. The highest BCUT2D eigenvalue weighted by Gasteiger charge is 2.30. The van der Waals surface area contributed by atoms with Crippen LogP contribution in [-0.4, -0.2) is 42.0 Å². The van der Waals surface area contributed by atoms with Crippen LogP contribution in [0, 0.1) is 11.6 Å². The van der Waals surface area contributed by atoms with Gasteiger partial charge in [0.25, 0.3) is 0 Å². The first-order chi connectivity index (χ1) is 10.8. The van der Waals surface area contributed by atoms with Gasteiger partial charge in [0.1, 0.15) is 11.6 Å². The number of rotatable bonds is 5. The Labute approximate surface area is 145 Å². The minimum atomic E-state index is -0.681. The summed E-state index contributed by atoms with van der Waals surface area (Å²) in [6.07, 6.45) is -0.307. The fourth-order valence-corrected chi connectivity index (χ4v) is 2.51. The van der Waals surface area contributed by atoms with Crippen molar-refractivity contribution in [3.05, 3.63) is 35.4 Å². The molecular formula is C16H21ClF2N2O3. The van der Waals surface area contributed by atoms with Crippen molar-refractivity contribution in [1.82, 2.24) is 10.2 Å². The minimum Gasteiger partial charge on any atom is -0.463 e. The molecule has 1 unspecified atom stereocenters. The number of hydrogen-bond acceptors (Lipinski definition) is 4. The van der Waals surface area contributed by atoms with Gasteiger partial charge in [0.2, 0.25) is 5.91 Å². The summed E-state index contributed by atoms with van der Waals surface area (Å²) in [4.78, 5) is 25.6. The van der Waals surface area contributed by atoms with E-state index in [0.29, 0.717) is 18.7 Å². The number of nitrogens with one attached hydrogen (secondary N) is 1. The number of nitrogens with zero attached hydrogens (tertiary/aromatic N) is 1. The third-order valence-corrected chi connectivity index (χ3v) is 3.42. The molecule has 1 amide bonds. The molecule has 1 fully saturated rings. The topological polar surface area (TPSA) is 58.6 Å². The van der Waals surface area contributed by atoms with Crippen molar-refractivity contribution < 1.29 is 23.1 Å². The van der Waals surface area contributed by atoms with E-state index in [1.165, 1.54) is 17.0 Å². The van der Waals surface area contributed by atoms with Gasteiger partial charge >= 0.3 is 5.97 Å². The number of amides is 1. The monoisotopic (exact) mass is 362 g/mol. The fourth-order valence-electron chi connectivity index (χ4n) is 2.51. The maximum atomic E-state index is 13.2. The quantitative estimate of drug-likeness (QED) is 0.814. The predicted molar refractivity (Wildman–Crippen MR) is 86.7 cm³/mol. The summed E-state index contributed by atoms with van der Waals surface area (Å²) in [5.74, 6) is -2.09. The number of ether oxygens (including phenoxy) is 1. The average Bonchev–Trinajstić information content (AvgIpc) is 2.41. The smallest absolute Gasteiger partial charge is 0.308 e. The second-order valence-corrected chi connectivity index (χ2v) is 5.79. The maximum Gasteiger partial charge on any atom is 0.308 e. The van der Waals surface area contributed by atoms with E-state index in [1.807, 2.05) is 0 Å². The van der Waals surface area contributed by atoms with Gasteiger partial charge in [-0.1, -0.05) is 0 Å². The molecule has 134 valence electrons. The van der Waals surface area contributed by atoms with Crippen molar-refractivity contribution in [1.29, 1.82) is 0 Å². The Bertz CT molecular complexity index is 578. The van der Waals surface area contributed by atoms with E-state index in [0.717, 1.165) is 6.07 Å². The lowest BCUT2D eigenvalue weighted by molar-refractivity contribution is -0.151. The Hall–Kier alpha value is -1.73. The second-order valence-electron chi connectivity index (χ2n) is 5.79. The second kappa shape index (κ2) is 8.94. The van der Waals surface area contributed by atoms with Crippen LogP contribution in [0.25, 0.3) is 0 Å². The van der Waals surface area contributed by atoms with Crippen LogP contribution < -0.4 is 5.32 Å². The molecule has 1 aliphatic heterocycles. The largest absolute Gasteiger partial charge is 0.463 e. The van der Waals surface area contributed by atoms with Crippen LogP contribution in [0.2, 0.25) is 0 Å². The molecule has 1 aromatic carbocycles. The van der Waals surface area contributed by atoms with Crippen LogP contribution in [0.3, 0.4) is 0 Å². The molecule has 0 aliphatic carbocycles. The lowest BCUT2D eigenvalue weighted by atomic mass is 10.1. The van der Waals surface area contributed by atoms with Crippen LogP contribution in [-0.2, 0) is 20.9 Å². The number of carbonyl (C=O) groups is 2. The van der Waals surface area contributed by atoms with Crippen LogP contribution in [0.15, 0.2) is 18.2 Å². The molecule has 24 heavy (non-hydrogen) atoms. The number of benzene rings is 1. The van der Waals surface area contributed by atoms with Crippen molar-refractivity contribution in [2.75, 3.05) is 13.1 Å². The number of halogens is 3. The standard InChI is InChI=1S/C16H20F2N2O3.ClH/c1-10(2)23-15(21)8-14-16(22)20(4-3-19-14)9-11-5-12(17)7-13(18)6-11;/h5-7,10,14,19H,3-4,8-9H2,1-2H3;1H. The molecule has 5 nitrogen and oxygen atoms in total. The normalized spacial score (nSPS) is 17.6. The Balaban J connectivity index is 0.00000288. The summed E-state index contributed by atoms with van der Waals surface area (Å²) in [5, 5.41) is 2.97. The van der Waals surface area contributed by atoms with Gasteiger partial charge in [0, 0.05) is 25.7 Å². The van der Waals surface area contributed by atoms with Crippen LogP contribution in [0.5, 0.6) is 0 Å². The molecule has 1 atom stereocenters. The molecular weight excluding hydrogens is 342 g/mol. The van der Waals surface area contributed by atoms with Gasteiger partial charge in [0.15, 0.2) is 0 Å². The van der Waals surface area contributed by atoms with Crippen LogP contribution >= 0.6 is 12.4 Å². The van der Waals surface area contributed by atoms with Gasteiger partial charge in [-0.2, -0.15) is 0 Å². The molecule has 0 saturated carbocycles. The molecule has 8 heteroatoms.